The van der Waals surface area contributed by atoms with Crippen molar-refractivity contribution >= 4 is 17.7 Å². The minimum atomic E-state index is -0.449. The summed E-state index contributed by atoms with van der Waals surface area (Å²) < 4.78 is 5.52. The van der Waals surface area contributed by atoms with Gasteiger partial charge in [0, 0.05) is 0 Å². The van der Waals surface area contributed by atoms with Crippen molar-refractivity contribution in [2.75, 3.05) is 19.7 Å². The molecule has 0 saturated carbocycles. The highest BCUT2D eigenvalue weighted by atomic mass is 16.5. The average molecular weight is 290 g/mol. The third kappa shape index (κ3) is 4.05. The largest absolute Gasteiger partial charge is 0.493 e. The quantitative estimate of drug-likeness (QED) is 0.822. The van der Waals surface area contributed by atoms with Crippen molar-refractivity contribution in [3.8, 4) is 5.75 Å². The zero-order valence-corrected chi connectivity index (χ0v) is 12.1. The van der Waals surface area contributed by atoms with Gasteiger partial charge in [-0.25, -0.2) is 0 Å². The number of imide groups is 1. The van der Waals surface area contributed by atoms with E-state index in [4.69, 9.17) is 4.74 Å². The molecule has 0 aliphatic carbocycles. The van der Waals surface area contributed by atoms with Gasteiger partial charge in [-0.1, -0.05) is 6.07 Å². The highest BCUT2D eigenvalue weighted by Crippen LogP contribution is 2.16. The summed E-state index contributed by atoms with van der Waals surface area (Å²) in [6.07, 6.45) is 0.132. The Morgan fingerprint density at radius 1 is 1.19 bits per heavy atom. The summed E-state index contributed by atoms with van der Waals surface area (Å²) in [6.45, 7) is 4.07. The third-order valence-electron chi connectivity index (χ3n) is 3.36. The second-order valence-corrected chi connectivity index (χ2v) is 5.07. The van der Waals surface area contributed by atoms with Crippen molar-refractivity contribution in [1.29, 1.82) is 0 Å². The van der Waals surface area contributed by atoms with Gasteiger partial charge in [0.1, 0.15) is 18.8 Å². The van der Waals surface area contributed by atoms with Crippen molar-refractivity contribution < 1.29 is 19.1 Å². The van der Waals surface area contributed by atoms with Crippen LogP contribution < -0.4 is 10.1 Å². The smallest absolute Gasteiger partial charge is 0.246 e. The SMILES string of the molecule is Cc1ccc(OCCC(=O)N2CC(=O)NC(=O)C2)cc1C. The summed E-state index contributed by atoms with van der Waals surface area (Å²) in [7, 11) is 0. The molecule has 1 aliphatic rings. The lowest BCUT2D eigenvalue weighted by Gasteiger charge is -2.25. The number of carbonyl (C=O) groups is 3. The number of ether oxygens (including phenoxy) is 1. The van der Waals surface area contributed by atoms with Crippen LogP contribution in [0.3, 0.4) is 0 Å². The van der Waals surface area contributed by atoms with Crippen molar-refractivity contribution in [3.05, 3.63) is 29.3 Å². The van der Waals surface area contributed by atoms with Gasteiger partial charge in [0.25, 0.3) is 0 Å². The Balaban J connectivity index is 1.82. The number of nitrogens with one attached hydrogen (secondary N) is 1. The van der Waals surface area contributed by atoms with Crippen LogP contribution in [-0.4, -0.2) is 42.3 Å². The first-order valence-electron chi connectivity index (χ1n) is 6.76. The summed E-state index contributed by atoms with van der Waals surface area (Å²) in [5.74, 6) is -0.454. The highest BCUT2D eigenvalue weighted by Gasteiger charge is 2.25. The maximum atomic E-state index is 11.9. The normalized spacial score (nSPS) is 14.9. The van der Waals surface area contributed by atoms with E-state index in [0.717, 1.165) is 5.56 Å². The number of carbonyl (C=O) groups excluding carboxylic acids is 3. The second kappa shape index (κ2) is 6.39. The van der Waals surface area contributed by atoms with Crippen LogP contribution in [0, 0.1) is 13.8 Å². The number of nitrogens with zero attached hydrogens (tertiary/aromatic N) is 1. The van der Waals surface area contributed by atoms with Crippen molar-refractivity contribution in [1.82, 2.24) is 10.2 Å². The molecule has 1 aliphatic heterocycles. The molecule has 1 aromatic rings. The van der Waals surface area contributed by atoms with Gasteiger partial charge in [-0.05, 0) is 37.1 Å². The summed E-state index contributed by atoms with van der Waals surface area (Å²) >= 11 is 0. The molecule has 0 bridgehead atoms. The van der Waals surface area contributed by atoms with Crippen LogP contribution in [0.1, 0.15) is 17.5 Å². The standard InChI is InChI=1S/C15H18N2O4/c1-10-3-4-12(7-11(10)2)21-6-5-15(20)17-8-13(18)16-14(19)9-17/h3-4,7H,5-6,8-9H2,1-2H3,(H,16,18,19). The number of aryl methyl sites for hydroxylation is 2. The van der Waals surface area contributed by atoms with E-state index in [1.807, 2.05) is 32.0 Å². The van der Waals surface area contributed by atoms with E-state index in [2.05, 4.69) is 5.32 Å². The van der Waals surface area contributed by atoms with Crippen LogP contribution in [0.2, 0.25) is 0 Å². The average Bonchev–Trinajstić information content (AvgIpc) is 2.41. The van der Waals surface area contributed by atoms with Gasteiger partial charge in [-0.15, -0.1) is 0 Å². The van der Waals surface area contributed by atoms with E-state index >= 15 is 0 Å². The van der Waals surface area contributed by atoms with Gasteiger partial charge in [0.15, 0.2) is 0 Å². The number of amides is 3. The summed E-state index contributed by atoms with van der Waals surface area (Å²) in [6, 6.07) is 5.72. The minimum absolute atomic E-state index is 0.0752. The molecule has 2 rings (SSSR count). The van der Waals surface area contributed by atoms with Gasteiger partial charge in [0.2, 0.25) is 17.7 Å². The fraction of sp³-hybridized carbons (Fsp3) is 0.400. The third-order valence-corrected chi connectivity index (χ3v) is 3.36. The first-order chi connectivity index (χ1) is 9.95. The highest BCUT2D eigenvalue weighted by molar-refractivity contribution is 6.02. The fourth-order valence-corrected chi connectivity index (χ4v) is 2.03. The van der Waals surface area contributed by atoms with E-state index in [0.29, 0.717) is 5.75 Å². The number of hydrogen-bond acceptors (Lipinski definition) is 4. The lowest BCUT2D eigenvalue weighted by molar-refractivity contribution is -0.145. The van der Waals surface area contributed by atoms with Crippen LogP contribution >= 0.6 is 0 Å². The maximum absolute atomic E-state index is 11.9. The minimum Gasteiger partial charge on any atom is -0.493 e. The van der Waals surface area contributed by atoms with Crippen molar-refractivity contribution in [2.24, 2.45) is 0 Å². The first-order valence-corrected chi connectivity index (χ1v) is 6.76. The van der Waals surface area contributed by atoms with Crippen LogP contribution in [-0.2, 0) is 14.4 Å². The van der Waals surface area contributed by atoms with Crippen LogP contribution in [0.5, 0.6) is 5.75 Å². The summed E-state index contributed by atoms with van der Waals surface area (Å²) in [5, 5.41) is 2.15. The fourth-order valence-electron chi connectivity index (χ4n) is 2.03. The maximum Gasteiger partial charge on any atom is 0.246 e. The molecule has 1 saturated heterocycles. The molecule has 1 fully saturated rings. The van der Waals surface area contributed by atoms with Gasteiger partial charge < -0.3 is 9.64 Å². The molecule has 21 heavy (non-hydrogen) atoms. The Morgan fingerprint density at radius 2 is 1.86 bits per heavy atom. The molecule has 1 heterocycles. The van der Waals surface area contributed by atoms with Crippen LogP contribution in [0.4, 0.5) is 0 Å². The van der Waals surface area contributed by atoms with E-state index in [-0.39, 0.29) is 32.0 Å². The Bertz CT molecular complexity index is 567. The topological polar surface area (TPSA) is 75.7 Å². The zero-order chi connectivity index (χ0) is 15.4. The van der Waals surface area contributed by atoms with E-state index in [9.17, 15) is 14.4 Å². The number of benzene rings is 1. The Hall–Kier alpha value is -2.37. The Labute approximate surface area is 123 Å². The molecule has 3 amide bonds. The van der Waals surface area contributed by atoms with Gasteiger partial charge >= 0.3 is 0 Å². The molecule has 0 unspecified atom stereocenters. The van der Waals surface area contributed by atoms with Crippen molar-refractivity contribution in [2.45, 2.75) is 20.3 Å². The monoisotopic (exact) mass is 290 g/mol. The van der Waals surface area contributed by atoms with E-state index < -0.39 is 11.8 Å². The molecule has 0 atom stereocenters. The molecule has 6 nitrogen and oxygen atoms in total. The molecule has 0 aromatic heterocycles. The molecule has 0 radical (unpaired) electrons. The molecular weight excluding hydrogens is 272 g/mol. The number of hydrogen-bond donors (Lipinski definition) is 1. The summed E-state index contributed by atoms with van der Waals surface area (Å²) in [4.78, 5) is 35.5. The molecule has 6 heteroatoms. The van der Waals surface area contributed by atoms with Crippen LogP contribution in [0.15, 0.2) is 18.2 Å². The lowest BCUT2D eigenvalue weighted by Crippen LogP contribution is -2.53. The first kappa shape index (κ1) is 15.0. The number of piperazine rings is 1. The van der Waals surface area contributed by atoms with E-state index in [1.165, 1.54) is 10.5 Å². The van der Waals surface area contributed by atoms with E-state index in [1.54, 1.807) is 0 Å². The molecule has 1 aromatic carbocycles. The Morgan fingerprint density at radius 3 is 2.48 bits per heavy atom. The molecular formula is C15H18N2O4. The Kier molecular flexibility index (Phi) is 4.57. The van der Waals surface area contributed by atoms with Crippen molar-refractivity contribution in [3.63, 3.8) is 0 Å². The van der Waals surface area contributed by atoms with Crippen LogP contribution in [0.25, 0.3) is 0 Å². The lowest BCUT2D eigenvalue weighted by atomic mass is 10.1. The summed E-state index contributed by atoms with van der Waals surface area (Å²) in [5.41, 5.74) is 2.30. The second-order valence-electron chi connectivity index (χ2n) is 5.07. The number of rotatable bonds is 4. The predicted octanol–water partition coefficient (Wildman–Crippen LogP) is 0.557. The molecule has 0 spiro atoms. The van der Waals surface area contributed by atoms with Gasteiger partial charge in [-0.3, -0.25) is 19.7 Å². The van der Waals surface area contributed by atoms with Gasteiger partial charge in [-0.2, -0.15) is 0 Å². The predicted molar refractivity (Wildman–Crippen MR) is 75.8 cm³/mol. The molecule has 112 valence electrons. The zero-order valence-electron chi connectivity index (χ0n) is 12.1. The molecule has 1 N–H and O–H groups in total. The van der Waals surface area contributed by atoms with Gasteiger partial charge in [0.05, 0.1) is 13.0 Å².